The van der Waals surface area contributed by atoms with Gasteiger partial charge in [-0.25, -0.2) is 4.98 Å². The molecule has 1 atom stereocenters. The second-order valence-corrected chi connectivity index (χ2v) is 9.08. The van der Waals surface area contributed by atoms with E-state index in [0.717, 1.165) is 34.0 Å². The van der Waals surface area contributed by atoms with Gasteiger partial charge in [0.2, 0.25) is 5.91 Å². The van der Waals surface area contributed by atoms with Crippen LogP contribution in [0.1, 0.15) is 36.2 Å². The van der Waals surface area contributed by atoms with Gasteiger partial charge in [0.1, 0.15) is 0 Å². The third kappa shape index (κ3) is 4.73. The zero-order valence-corrected chi connectivity index (χ0v) is 19.0. The number of benzene rings is 2. The maximum atomic E-state index is 13.0. The predicted octanol–water partition coefficient (Wildman–Crippen LogP) is 5.49. The van der Waals surface area contributed by atoms with Gasteiger partial charge >= 0.3 is 0 Å². The maximum absolute atomic E-state index is 13.0. The molecule has 0 aliphatic heterocycles. The number of fused-ring (bicyclic) bond motifs is 1. The second kappa shape index (κ2) is 9.49. The molecule has 2 heterocycles. The van der Waals surface area contributed by atoms with Crippen LogP contribution in [0.3, 0.4) is 0 Å². The second-order valence-electron chi connectivity index (χ2n) is 7.23. The van der Waals surface area contributed by atoms with E-state index in [9.17, 15) is 9.59 Å². The highest BCUT2D eigenvalue weighted by atomic mass is 32.2. The van der Waals surface area contributed by atoms with E-state index in [1.165, 1.54) is 11.3 Å². The molecule has 0 radical (unpaired) electrons. The van der Waals surface area contributed by atoms with Crippen molar-refractivity contribution >= 4 is 39.7 Å². The number of aromatic nitrogens is 2. The van der Waals surface area contributed by atoms with Crippen molar-refractivity contribution in [1.82, 2.24) is 9.38 Å². The molecule has 0 aliphatic rings. The summed E-state index contributed by atoms with van der Waals surface area (Å²) in [5.41, 5.74) is 3.35. The van der Waals surface area contributed by atoms with Crippen molar-refractivity contribution in [2.24, 2.45) is 0 Å². The smallest absolute Gasteiger partial charge is 0.258 e. The van der Waals surface area contributed by atoms with Gasteiger partial charge in [-0.1, -0.05) is 49.4 Å². The Labute approximate surface area is 189 Å². The maximum Gasteiger partial charge on any atom is 0.258 e. The van der Waals surface area contributed by atoms with Gasteiger partial charge in [0.05, 0.1) is 17.3 Å². The first kappa shape index (κ1) is 21.3. The summed E-state index contributed by atoms with van der Waals surface area (Å²) < 4.78 is 1.63. The topological polar surface area (TPSA) is 63.5 Å². The Bertz CT molecular complexity index is 1260. The summed E-state index contributed by atoms with van der Waals surface area (Å²) in [5, 5.41) is 5.03. The average molecular weight is 450 g/mol. The van der Waals surface area contributed by atoms with Crippen LogP contribution in [0.15, 0.2) is 75.7 Å². The standard InChI is InChI=1S/C24H23N3O2S2/c1-3-19(17-9-5-4-6-10-17)23(29)26-20-11-7-8-12-21(20)30-15-18-13-22(28)27-16(2)14-31-24(27)25-18/h4-14,19H,3,15H2,1-2H3,(H,26,29). The highest BCUT2D eigenvalue weighted by Gasteiger charge is 2.19. The van der Waals surface area contributed by atoms with Crippen molar-refractivity contribution < 1.29 is 4.79 Å². The number of hydrogen-bond acceptors (Lipinski definition) is 5. The normalized spacial score (nSPS) is 12.1. The average Bonchev–Trinajstić information content (AvgIpc) is 3.15. The number of carbonyl (C=O) groups excluding carboxylic acids is 1. The zero-order chi connectivity index (χ0) is 21.8. The van der Waals surface area contributed by atoms with Crippen LogP contribution in [0.2, 0.25) is 0 Å². The van der Waals surface area contributed by atoms with E-state index in [1.54, 1.807) is 22.2 Å². The van der Waals surface area contributed by atoms with E-state index in [0.29, 0.717) is 10.7 Å². The molecule has 2 aromatic heterocycles. The van der Waals surface area contributed by atoms with Crippen LogP contribution in [-0.4, -0.2) is 15.3 Å². The van der Waals surface area contributed by atoms with Gasteiger partial charge in [-0.3, -0.25) is 14.0 Å². The van der Waals surface area contributed by atoms with Gasteiger partial charge < -0.3 is 5.32 Å². The number of aryl methyl sites for hydroxylation is 1. The van der Waals surface area contributed by atoms with Crippen molar-refractivity contribution in [3.05, 3.63) is 93.3 Å². The molecule has 1 amide bonds. The minimum absolute atomic E-state index is 0.0198. The summed E-state index contributed by atoms with van der Waals surface area (Å²) in [7, 11) is 0. The van der Waals surface area contributed by atoms with Crippen LogP contribution in [0.4, 0.5) is 5.69 Å². The number of carbonyl (C=O) groups is 1. The van der Waals surface area contributed by atoms with E-state index in [2.05, 4.69) is 10.3 Å². The summed E-state index contributed by atoms with van der Waals surface area (Å²) in [6.45, 7) is 3.92. The van der Waals surface area contributed by atoms with Crippen LogP contribution >= 0.6 is 23.1 Å². The van der Waals surface area contributed by atoms with E-state index < -0.39 is 0 Å². The molecular formula is C24H23N3O2S2. The fourth-order valence-electron chi connectivity index (χ4n) is 3.50. The Hall–Kier alpha value is -2.90. The molecule has 0 fully saturated rings. The molecule has 5 nitrogen and oxygen atoms in total. The lowest BCUT2D eigenvalue weighted by Crippen LogP contribution is -2.21. The molecule has 0 spiro atoms. The summed E-state index contributed by atoms with van der Waals surface area (Å²) >= 11 is 3.03. The van der Waals surface area contributed by atoms with E-state index in [4.69, 9.17) is 0 Å². The predicted molar refractivity (Wildman–Crippen MR) is 128 cm³/mol. The lowest BCUT2D eigenvalue weighted by molar-refractivity contribution is -0.117. The van der Waals surface area contributed by atoms with Gasteiger partial charge in [0.25, 0.3) is 5.56 Å². The number of para-hydroxylation sites is 1. The Morgan fingerprint density at radius 2 is 1.90 bits per heavy atom. The molecule has 1 unspecified atom stereocenters. The van der Waals surface area contributed by atoms with E-state index in [-0.39, 0.29) is 17.4 Å². The molecule has 0 bridgehead atoms. The van der Waals surface area contributed by atoms with Crippen LogP contribution < -0.4 is 10.9 Å². The van der Waals surface area contributed by atoms with Gasteiger partial charge in [-0.15, -0.1) is 23.1 Å². The summed E-state index contributed by atoms with van der Waals surface area (Å²) in [4.78, 5) is 31.7. The van der Waals surface area contributed by atoms with Crippen molar-refractivity contribution in [3.63, 3.8) is 0 Å². The minimum atomic E-state index is -0.203. The lowest BCUT2D eigenvalue weighted by Gasteiger charge is -2.17. The number of nitrogens with zero attached hydrogens (tertiary/aromatic N) is 2. The molecule has 4 aromatic rings. The molecule has 4 rings (SSSR count). The molecule has 0 saturated carbocycles. The van der Waals surface area contributed by atoms with Crippen molar-refractivity contribution in [2.75, 3.05) is 5.32 Å². The first-order valence-electron chi connectivity index (χ1n) is 10.1. The minimum Gasteiger partial charge on any atom is -0.325 e. The fourth-order valence-corrected chi connectivity index (χ4v) is 5.29. The number of nitrogens with one attached hydrogen (secondary N) is 1. The lowest BCUT2D eigenvalue weighted by atomic mass is 9.95. The molecule has 1 N–H and O–H groups in total. The summed E-state index contributed by atoms with van der Waals surface area (Å²) in [5.74, 6) is 0.324. The number of anilines is 1. The van der Waals surface area contributed by atoms with Crippen LogP contribution in [0.5, 0.6) is 0 Å². The highest BCUT2D eigenvalue weighted by molar-refractivity contribution is 7.98. The molecule has 31 heavy (non-hydrogen) atoms. The van der Waals surface area contributed by atoms with Gasteiger partial charge in [0, 0.05) is 27.8 Å². The summed E-state index contributed by atoms with van der Waals surface area (Å²) in [6.07, 6.45) is 0.721. The Morgan fingerprint density at radius 1 is 1.16 bits per heavy atom. The highest BCUT2D eigenvalue weighted by Crippen LogP contribution is 2.31. The van der Waals surface area contributed by atoms with E-state index >= 15 is 0 Å². The molecule has 2 aromatic carbocycles. The molecule has 0 aliphatic carbocycles. The molecule has 158 valence electrons. The van der Waals surface area contributed by atoms with Crippen molar-refractivity contribution in [2.45, 2.75) is 36.8 Å². The fraction of sp³-hybridized carbons (Fsp3) is 0.208. The monoisotopic (exact) mass is 449 g/mol. The first-order valence-corrected chi connectivity index (χ1v) is 12.0. The van der Waals surface area contributed by atoms with Gasteiger partial charge in [-0.2, -0.15) is 0 Å². The number of hydrogen-bond donors (Lipinski definition) is 1. The van der Waals surface area contributed by atoms with Crippen LogP contribution in [0, 0.1) is 6.92 Å². The molecule has 0 saturated heterocycles. The summed E-state index contributed by atoms with van der Waals surface area (Å²) in [6, 6.07) is 19.2. The zero-order valence-electron chi connectivity index (χ0n) is 17.4. The first-order chi connectivity index (χ1) is 15.1. The van der Waals surface area contributed by atoms with Crippen LogP contribution in [-0.2, 0) is 10.5 Å². The van der Waals surface area contributed by atoms with Crippen molar-refractivity contribution in [3.8, 4) is 0 Å². The van der Waals surface area contributed by atoms with Gasteiger partial charge in [-0.05, 0) is 31.0 Å². The number of thioether (sulfide) groups is 1. The quantitative estimate of drug-likeness (QED) is 0.379. The number of amides is 1. The largest absolute Gasteiger partial charge is 0.325 e. The SMILES string of the molecule is CCC(C(=O)Nc1ccccc1SCc1cc(=O)n2c(C)csc2n1)c1ccccc1. The Kier molecular flexibility index (Phi) is 6.53. The van der Waals surface area contributed by atoms with Crippen LogP contribution in [0.25, 0.3) is 4.96 Å². The Balaban J connectivity index is 1.51. The molecule has 7 heteroatoms. The third-order valence-electron chi connectivity index (χ3n) is 5.08. The van der Waals surface area contributed by atoms with E-state index in [1.807, 2.05) is 73.8 Å². The number of thiazole rings is 1. The van der Waals surface area contributed by atoms with Gasteiger partial charge in [0.15, 0.2) is 4.96 Å². The Morgan fingerprint density at radius 3 is 2.68 bits per heavy atom. The van der Waals surface area contributed by atoms with Crippen molar-refractivity contribution in [1.29, 1.82) is 0 Å². The third-order valence-corrected chi connectivity index (χ3v) is 7.13. The molecular weight excluding hydrogens is 426 g/mol. The number of rotatable bonds is 7.